The summed E-state index contributed by atoms with van der Waals surface area (Å²) in [7, 11) is 0. The van der Waals surface area contributed by atoms with Gasteiger partial charge in [0.05, 0.1) is 5.41 Å². The quantitative estimate of drug-likeness (QED) is 0.867. The van der Waals surface area contributed by atoms with Crippen LogP contribution in [0.15, 0.2) is 6.33 Å². The molecule has 8 heteroatoms. The summed E-state index contributed by atoms with van der Waals surface area (Å²) in [5.74, 6) is 0.818. The number of carbonyl (C=O) groups excluding carboxylic acids is 2. The Labute approximate surface area is 164 Å². The molecule has 2 saturated heterocycles. The van der Waals surface area contributed by atoms with Gasteiger partial charge in [-0.2, -0.15) is 10.1 Å². The highest BCUT2D eigenvalue weighted by molar-refractivity contribution is 5.86. The molecule has 0 aliphatic carbocycles. The van der Waals surface area contributed by atoms with Crippen LogP contribution in [0.2, 0.25) is 0 Å². The van der Waals surface area contributed by atoms with Crippen LogP contribution in [-0.2, 0) is 16.0 Å². The fourth-order valence-corrected chi connectivity index (χ4v) is 5.03. The van der Waals surface area contributed by atoms with E-state index in [0.717, 1.165) is 55.7 Å². The molecule has 0 bridgehead atoms. The van der Waals surface area contributed by atoms with Crippen molar-refractivity contribution in [3.8, 4) is 0 Å². The van der Waals surface area contributed by atoms with Crippen molar-refractivity contribution in [2.45, 2.75) is 65.3 Å². The highest BCUT2D eigenvalue weighted by Gasteiger charge is 2.49. The number of nitrogens with one attached hydrogen (secondary N) is 1. The summed E-state index contributed by atoms with van der Waals surface area (Å²) in [6, 6.07) is -0.0628. The van der Waals surface area contributed by atoms with Gasteiger partial charge in [-0.15, -0.1) is 0 Å². The Morgan fingerprint density at radius 3 is 2.89 bits per heavy atom. The molecule has 4 heterocycles. The van der Waals surface area contributed by atoms with Crippen molar-refractivity contribution >= 4 is 17.6 Å². The molecular weight excluding hydrogens is 356 g/mol. The second-order valence-electron chi connectivity index (χ2n) is 8.12. The maximum absolute atomic E-state index is 13.1. The Morgan fingerprint density at radius 2 is 2.11 bits per heavy atom. The molecule has 2 fully saturated rings. The van der Waals surface area contributed by atoms with E-state index in [0.29, 0.717) is 18.6 Å². The first-order valence-corrected chi connectivity index (χ1v) is 10.2. The van der Waals surface area contributed by atoms with Gasteiger partial charge in [-0.1, -0.05) is 0 Å². The number of nitrogens with zero attached hydrogens (tertiary/aromatic N) is 5. The number of hydrogen-bond donors (Lipinski definition) is 1. The standard InChI is InChI=1S/C20H28N6O2/c1-13-16(14(2)26-19(24-13)22-12-23-26)6-7-17(27)25-11-5-9-20(15(25)3)8-4-10-21-18(20)28/h12,15H,4-11H2,1-3H3,(H,21,28)/t15-,20-/m0/s1. The van der Waals surface area contributed by atoms with E-state index in [2.05, 4.69) is 20.4 Å². The van der Waals surface area contributed by atoms with Crippen LogP contribution < -0.4 is 5.32 Å². The number of fused-ring (bicyclic) bond motifs is 1. The zero-order valence-electron chi connectivity index (χ0n) is 16.9. The summed E-state index contributed by atoms with van der Waals surface area (Å²) in [4.78, 5) is 36.3. The van der Waals surface area contributed by atoms with E-state index in [4.69, 9.17) is 0 Å². The Balaban J connectivity index is 1.50. The topological polar surface area (TPSA) is 92.5 Å². The lowest BCUT2D eigenvalue weighted by Gasteiger charge is -2.49. The van der Waals surface area contributed by atoms with Gasteiger partial charge in [0.15, 0.2) is 0 Å². The summed E-state index contributed by atoms with van der Waals surface area (Å²) in [5, 5.41) is 7.24. The average molecular weight is 384 g/mol. The fraction of sp³-hybridized carbons (Fsp3) is 0.650. The smallest absolute Gasteiger partial charge is 0.252 e. The molecule has 8 nitrogen and oxygen atoms in total. The molecule has 4 rings (SSSR count). The van der Waals surface area contributed by atoms with Crippen molar-refractivity contribution in [1.29, 1.82) is 0 Å². The highest BCUT2D eigenvalue weighted by Crippen LogP contribution is 2.42. The molecule has 1 spiro atoms. The first-order chi connectivity index (χ1) is 13.4. The molecular formula is C20H28N6O2. The lowest BCUT2D eigenvalue weighted by Crippen LogP contribution is -2.61. The maximum Gasteiger partial charge on any atom is 0.252 e. The van der Waals surface area contributed by atoms with Gasteiger partial charge in [0.25, 0.3) is 5.78 Å². The molecule has 2 aromatic rings. The first-order valence-electron chi connectivity index (χ1n) is 10.2. The minimum atomic E-state index is -0.417. The highest BCUT2D eigenvalue weighted by atomic mass is 16.2. The normalized spacial score (nSPS) is 25.3. The van der Waals surface area contributed by atoms with Crippen LogP contribution in [0.5, 0.6) is 0 Å². The Kier molecular flexibility index (Phi) is 4.81. The summed E-state index contributed by atoms with van der Waals surface area (Å²) in [5.41, 5.74) is 2.49. The van der Waals surface area contributed by atoms with Crippen molar-refractivity contribution in [2.75, 3.05) is 13.1 Å². The van der Waals surface area contributed by atoms with Crippen molar-refractivity contribution in [2.24, 2.45) is 5.41 Å². The van der Waals surface area contributed by atoms with E-state index in [1.54, 1.807) is 4.52 Å². The number of piperidine rings is 2. The van der Waals surface area contributed by atoms with Crippen LogP contribution in [0, 0.1) is 19.3 Å². The second-order valence-corrected chi connectivity index (χ2v) is 8.12. The van der Waals surface area contributed by atoms with Gasteiger partial charge in [-0.25, -0.2) is 9.50 Å². The number of rotatable bonds is 3. The number of hydrogen-bond acceptors (Lipinski definition) is 5. The Hall–Kier alpha value is -2.51. The van der Waals surface area contributed by atoms with E-state index in [1.807, 2.05) is 25.7 Å². The molecule has 28 heavy (non-hydrogen) atoms. The summed E-state index contributed by atoms with van der Waals surface area (Å²) < 4.78 is 1.72. The molecule has 2 aliphatic heterocycles. The largest absolute Gasteiger partial charge is 0.356 e. The molecule has 1 N–H and O–H groups in total. The predicted molar refractivity (Wildman–Crippen MR) is 104 cm³/mol. The molecule has 2 amide bonds. The zero-order chi connectivity index (χ0) is 19.9. The zero-order valence-corrected chi connectivity index (χ0v) is 16.9. The fourth-order valence-electron chi connectivity index (χ4n) is 5.03. The molecule has 2 aliphatic rings. The van der Waals surface area contributed by atoms with Crippen LogP contribution >= 0.6 is 0 Å². The minimum Gasteiger partial charge on any atom is -0.356 e. The van der Waals surface area contributed by atoms with Gasteiger partial charge in [0, 0.05) is 36.9 Å². The van der Waals surface area contributed by atoms with E-state index in [-0.39, 0.29) is 17.9 Å². The number of carbonyl (C=O) groups is 2. The van der Waals surface area contributed by atoms with Crippen LogP contribution in [0.25, 0.3) is 5.78 Å². The monoisotopic (exact) mass is 384 g/mol. The van der Waals surface area contributed by atoms with Gasteiger partial charge in [-0.3, -0.25) is 9.59 Å². The van der Waals surface area contributed by atoms with Crippen molar-refractivity contribution in [1.82, 2.24) is 29.8 Å². The number of aromatic nitrogens is 4. The molecule has 0 aromatic carbocycles. The van der Waals surface area contributed by atoms with Crippen LogP contribution in [-0.4, -0.2) is 55.4 Å². The first kappa shape index (κ1) is 18.8. The maximum atomic E-state index is 13.1. The van der Waals surface area contributed by atoms with Crippen LogP contribution in [0.1, 0.15) is 56.0 Å². The van der Waals surface area contributed by atoms with Crippen molar-refractivity contribution < 1.29 is 9.59 Å². The van der Waals surface area contributed by atoms with E-state index < -0.39 is 5.41 Å². The van der Waals surface area contributed by atoms with Gasteiger partial charge < -0.3 is 10.2 Å². The molecule has 2 aromatic heterocycles. The number of likely N-dealkylation sites (tertiary alicyclic amines) is 1. The van der Waals surface area contributed by atoms with Crippen molar-refractivity contribution in [3.63, 3.8) is 0 Å². The van der Waals surface area contributed by atoms with Gasteiger partial charge in [0.2, 0.25) is 11.8 Å². The third-order valence-electron chi connectivity index (χ3n) is 6.72. The lowest BCUT2D eigenvalue weighted by molar-refractivity contribution is -0.149. The Morgan fingerprint density at radius 1 is 1.32 bits per heavy atom. The third-order valence-corrected chi connectivity index (χ3v) is 6.72. The average Bonchev–Trinajstić information content (AvgIpc) is 3.14. The van der Waals surface area contributed by atoms with Crippen LogP contribution in [0.4, 0.5) is 0 Å². The van der Waals surface area contributed by atoms with Gasteiger partial charge in [0.1, 0.15) is 6.33 Å². The number of aryl methyl sites for hydroxylation is 2. The molecule has 150 valence electrons. The second kappa shape index (κ2) is 7.14. The lowest BCUT2D eigenvalue weighted by atomic mass is 9.68. The van der Waals surface area contributed by atoms with Gasteiger partial charge in [-0.05, 0) is 58.4 Å². The molecule has 0 radical (unpaired) electrons. The van der Waals surface area contributed by atoms with E-state index in [1.165, 1.54) is 6.33 Å². The molecule has 2 atom stereocenters. The SMILES string of the molecule is Cc1nc2ncnn2c(C)c1CCC(=O)N1CCC[C@@]2(CCCNC2=O)[C@@H]1C. The molecule has 0 unspecified atom stereocenters. The van der Waals surface area contributed by atoms with Gasteiger partial charge >= 0.3 is 0 Å². The van der Waals surface area contributed by atoms with Crippen molar-refractivity contribution in [3.05, 3.63) is 23.3 Å². The third kappa shape index (κ3) is 2.95. The van der Waals surface area contributed by atoms with E-state index >= 15 is 0 Å². The Bertz CT molecular complexity index is 919. The summed E-state index contributed by atoms with van der Waals surface area (Å²) in [6.07, 6.45) is 6.12. The minimum absolute atomic E-state index is 0.0628. The summed E-state index contributed by atoms with van der Waals surface area (Å²) in [6.45, 7) is 7.46. The summed E-state index contributed by atoms with van der Waals surface area (Å²) >= 11 is 0. The number of amides is 2. The predicted octanol–water partition coefficient (Wildman–Crippen LogP) is 1.58. The van der Waals surface area contributed by atoms with E-state index in [9.17, 15) is 9.59 Å². The van der Waals surface area contributed by atoms with Crippen LogP contribution in [0.3, 0.4) is 0 Å². The molecule has 0 saturated carbocycles.